The van der Waals surface area contributed by atoms with E-state index in [0.717, 1.165) is 12.1 Å². The number of rotatable bonds is 1. The second-order valence-electron chi connectivity index (χ2n) is 3.16. The van der Waals surface area contributed by atoms with E-state index >= 15 is 0 Å². The van der Waals surface area contributed by atoms with Crippen molar-refractivity contribution in [1.82, 2.24) is 5.43 Å². The van der Waals surface area contributed by atoms with Crippen molar-refractivity contribution in [2.24, 2.45) is 0 Å². The third-order valence-electron chi connectivity index (χ3n) is 2.02. The number of nitrogens with one attached hydrogen (secondary N) is 1. The fraction of sp³-hybridized carbons (Fsp3) is 0.200. The summed E-state index contributed by atoms with van der Waals surface area (Å²) in [6, 6.07) is 7.47. The summed E-state index contributed by atoms with van der Waals surface area (Å²) in [5.41, 5.74) is 3.75. The third kappa shape index (κ3) is 2.12. The molecule has 1 aromatic rings. The van der Waals surface area contributed by atoms with E-state index < -0.39 is 0 Å². The summed E-state index contributed by atoms with van der Waals surface area (Å²) >= 11 is 5.75. The van der Waals surface area contributed by atoms with Crippen molar-refractivity contribution in [1.29, 1.82) is 0 Å². The molecule has 0 bridgehead atoms. The lowest BCUT2D eigenvalue weighted by Gasteiger charge is -1.92. The molecule has 1 aromatic carbocycles. The van der Waals surface area contributed by atoms with Crippen LogP contribution in [0.3, 0.4) is 0 Å². The summed E-state index contributed by atoms with van der Waals surface area (Å²) in [6.07, 6.45) is 2.45. The molecule has 0 aromatic heterocycles. The number of carbonyl (C=O) groups excluding carboxylic acids is 1. The minimum atomic E-state index is 0.0650. The highest BCUT2D eigenvalue weighted by Gasteiger charge is 2.20. The molecule has 0 radical (unpaired) electrons. The smallest absolute Gasteiger partial charge is 0.269 e. The van der Waals surface area contributed by atoms with Gasteiger partial charge in [-0.15, -0.1) is 10.1 Å². The standard InChI is InChI=1S/C10H9ClN2O/c11-9-3-1-8(2-4-9)7-13-6-5-10(14)12-13/h1-4,7H,5-6H2/p+1. The molecule has 0 unspecified atom stereocenters. The number of nitrogens with zero attached hydrogens (tertiary/aromatic N) is 1. The van der Waals surface area contributed by atoms with Crippen molar-refractivity contribution in [3.8, 4) is 0 Å². The Bertz CT molecular complexity index is 384. The van der Waals surface area contributed by atoms with E-state index in [2.05, 4.69) is 5.43 Å². The normalized spacial score (nSPS) is 18.6. The number of hydrogen-bond donors (Lipinski definition) is 1. The van der Waals surface area contributed by atoms with Crippen LogP contribution in [0.1, 0.15) is 12.0 Å². The second kappa shape index (κ2) is 3.80. The lowest BCUT2D eigenvalue weighted by Crippen LogP contribution is -2.25. The highest BCUT2D eigenvalue weighted by molar-refractivity contribution is 6.30. The van der Waals surface area contributed by atoms with Gasteiger partial charge in [0.15, 0.2) is 6.54 Å². The molecular weight excluding hydrogens is 200 g/mol. The monoisotopic (exact) mass is 209 g/mol. The first-order valence-corrected chi connectivity index (χ1v) is 4.78. The molecule has 2 rings (SSSR count). The van der Waals surface area contributed by atoms with Crippen LogP contribution in [0.2, 0.25) is 5.02 Å². The van der Waals surface area contributed by atoms with Crippen LogP contribution in [0, 0.1) is 0 Å². The SMILES string of the molecule is O=C1CC[N+](=Cc2ccc(Cl)cc2)N1. The number of benzene rings is 1. The van der Waals surface area contributed by atoms with Crippen molar-refractivity contribution in [2.45, 2.75) is 6.42 Å². The Morgan fingerprint density at radius 3 is 2.64 bits per heavy atom. The largest absolute Gasteiger partial charge is 0.280 e. The highest BCUT2D eigenvalue weighted by Crippen LogP contribution is 2.08. The van der Waals surface area contributed by atoms with Crippen molar-refractivity contribution in [3.63, 3.8) is 0 Å². The Labute approximate surface area is 87.0 Å². The van der Waals surface area contributed by atoms with Gasteiger partial charge >= 0.3 is 0 Å². The molecule has 1 heterocycles. The van der Waals surface area contributed by atoms with Gasteiger partial charge in [0.05, 0.1) is 6.42 Å². The van der Waals surface area contributed by atoms with E-state index in [-0.39, 0.29) is 5.91 Å². The van der Waals surface area contributed by atoms with E-state index in [0.29, 0.717) is 11.4 Å². The zero-order valence-corrected chi connectivity index (χ0v) is 8.29. The first-order chi connectivity index (χ1) is 6.74. The number of hydrazone groups is 1. The van der Waals surface area contributed by atoms with E-state index in [1.54, 1.807) is 4.68 Å². The van der Waals surface area contributed by atoms with Crippen molar-refractivity contribution in [3.05, 3.63) is 34.9 Å². The summed E-state index contributed by atoms with van der Waals surface area (Å²) in [7, 11) is 0. The third-order valence-corrected chi connectivity index (χ3v) is 2.27. The molecule has 1 amide bonds. The maximum Gasteiger partial charge on any atom is 0.280 e. The summed E-state index contributed by atoms with van der Waals surface area (Å²) in [6.45, 7) is 0.724. The van der Waals surface area contributed by atoms with E-state index in [1.807, 2.05) is 30.5 Å². The molecule has 4 heteroatoms. The van der Waals surface area contributed by atoms with Crippen molar-refractivity contribution < 1.29 is 9.48 Å². The van der Waals surface area contributed by atoms with Crippen molar-refractivity contribution in [2.75, 3.05) is 6.54 Å². The average Bonchev–Trinajstić information content (AvgIpc) is 2.56. The summed E-state index contributed by atoms with van der Waals surface area (Å²) in [5.74, 6) is 0.0650. The number of halogens is 1. The average molecular weight is 210 g/mol. The van der Waals surface area contributed by atoms with Gasteiger partial charge < -0.3 is 0 Å². The molecule has 1 fully saturated rings. The molecule has 0 spiro atoms. The van der Waals surface area contributed by atoms with Crippen LogP contribution in [0.15, 0.2) is 24.3 Å². The van der Waals surface area contributed by atoms with E-state index in [9.17, 15) is 4.79 Å². The molecule has 72 valence electrons. The Balaban J connectivity index is 2.17. The lowest BCUT2D eigenvalue weighted by atomic mass is 10.2. The van der Waals surface area contributed by atoms with Crippen LogP contribution >= 0.6 is 11.6 Å². The Hall–Kier alpha value is -1.35. The Morgan fingerprint density at radius 2 is 2.07 bits per heavy atom. The van der Waals surface area contributed by atoms with E-state index in [4.69, 9.17) is 11.6 Å². The fourth-order valence-corrected chi connectivity index (χ4v) is 1.45. The zero-order chi connectivity index (χ0) is 9.97. The summed E-state index contributed by atoms with van der Waals surface area (Å²) < 4.78 is 1.78. The van der Waals surface area contributed by atoms with Crippen LogP contribution in [-0.4, -0.2) is 23.4 Å². The fourth-order valence-electron chi connectivity index (χ4n) is 1.32. The number of carbonyl (C=O) groups is 1. The zero-order valence-electron chi connectivity index (χ0n) is 7.53. The van der Waals surface area contributed by atoms with Gasteiger partial charge in [0.25, 0.3) is 5.91 Å². The van der Waals surface area contributed by atoms with Gasteiger partial charge in [0.2, 0.25) is 6.21 Å². The van der Waals surface area contributed by atoms with Gasteiger partial charge in [-0.3, -0.25) is 4.79 Å². The molecule has 1 saturated heterocycles. The maximum atomic E-state index is 10.9. The predicted octanol–water partition coefficient (Wildman–Crippen LogP) is 1.21. The lowest BCUT2D eigenvalue weighted by molar-refractivity contribution is -0.553. The van der Waals surface area contributed by atoms with Gasteiger partial charge in [-0.2, -0.15) is 0 Å². The van der Waals surface area contributed by atoms with Gasteiger partial charge in [0.1, 0.15) is 0 Å². The molecular formula is C10H10ClN2O+. The predicted molar refractivity (Wildman–Crippen MR) is 54.5 cm³/mol. The first-order valence-electron chi connectivity index (χ1n) is 4.40. The molecule has 1 aliphatic rings. The number of hydrazine groups is 1. The number of hydrogen-bond acceptors (Lipinski definition) is 1. The summed E-state index contributed by atoms with van der Waals surface area (Å²) in [4.78, 5) is 10.9. The summed E-state index contributed by atoms with van der Waals surface area (Å²) in [5, 5.41) is 0.715. The molecule has 14 heavy (non-hydrogen) atoms. The second-order valence-corrected chi connectivity index (χ2v) is 3.60. The molecule has 0 aliphatic carbocycles. The van der Waals surface area contributed by atoms with Gasteiger partial charge in [-0.25, -0.2) is 0 Å². The van der Waals surface area contributed by atoms with Gasteiger partial charge in [-0.1, -0.05) is 11.6 Å². The quantitative estimate of drug-likeness (QED) is 0.693. The minimum Gasteiger partial charge on any atom is -0.269 e. The molecule has 1 N–H and O–H groups in total. The van der Waals surface area contributed by atoms with Crippen LogP contribution in [0.25, 0.3) is 0 Å². The van der Waals surface area contributed by atoms with Gasteiger partial charge in [0, 0.05) is 10.6 Å². The molecule has 0 saturated carbocycles. The number of amides is 1. The topological polar surface area (TPSA) is 32.1 Å². The van der Waals surface area contributed by atoms with Crippen molar-refractivity contribution >= 4 is 23.7 Å². The van der Waals surface area contributed by atoms with Crippen LogP contribution in [-0.2, 0) is 4.79 Å². The Morgan fingerprint density at radius 1 is 1.36 bits per heavy atom. The highest BCUT2D eigenvalue weighted by atomic mass is 35.5. The van der Waals surface area contributed by atoms with Crippen LogP contribution < -0.4 is 5.43 Å². The first kappa shape index (κ1) is 9.21. The molecule has 3 nitrogen and oxygen atoms in total. The molecule has 0 atom stereocenters. The Kier molecular flexibility index (Phi) is 2.50. The van der Waals surface area contributed by atoms with Crippen LogP contribution in [0.5, 0.6) is 0 Å². The maximum absolute atomic E-state index is 10.9. The van der Waals surface area contributed by atoms with Gasteiger partial charge in [-0.05, 0) is 24.3 Å². The van der Waals surface area contributed by atoms with E-state index in [1.165, 1.54) is 0 Å². The minimum absolute atomic E-state index is 0.0650. The molecule has 1 aliphatic heterocycles. The van der Waals surface area contributed by atoms with Crippen LogP contribution in [0.4, 0.5) is 0 Å².